The molecule has 0 aromatic carbocycles. The molecule has 0 spiro atoms. The molecule has 0 saturated heterocycles. The minimum Gasteiger partial charge on any atom is -0.466 e. The molecule has 8 rings (SSSR count). The van der Waals surface area contributed by atoms with Crippen LogP contribution in [0.1, 0.15) is 78.6 Å². The van der Waals surface area contributed by atoms with E-state index < -0.39 is 0 Å². The summed E-state index contributed by atoms with van der Waals surface area (Å²) in [4.78, 5) is 41.9. The largest absolute Gasteiger partial charge is 0.466 e. The third-order valence-electron chi connectivity index (χ3n) is 10.5. The first-order chi connectivity index (χ1) is 37.5. The Balaban J connectivity index is 0.000000365. The third kappa shape index (κ3) is 27.6. The predicted octanol–water partition coefficient (Wildman–Crippen LogP) is 10.5. The maximum atomic E-state index is 13.1. The Bertz CT molecular complexity index is 2890. The fourth-order valence-corrected chi connectivity index (χ4v) is 7.02. The minimum atomic E-state index is -0.373. The van der Waals surface area contributed by atoms with Crippen LogP contribution in [0.2, 0.25) is 0 Å². The Hall–Kier alpha value is -7.21. The van der Waals surface area contributed by atoms with Crippen LogP contribution in [0.3, 0.4) is 0 Å². The van der Waals surface area contributed by atoms with Crippen molar-refractivity contribution in [1.29, 1.82) is 0 Å². The molecule has 430 valence electrons. The summed E-state index contributed by atoms with van der Waals surface area (Å²) >= 11 is 3.07. The first-order valence-electron chi connectivity index (χ1n) is 24.8. The van der Waals surface area contributed by atoms with Gasteiger partial charge in [-0.2, -0.15) is 20.4 Å². The van der Waals surface area contributed by atoms with E-state index in [1.54, 1.807) is 60.7 Å². The molecule has 80 heavy (non-hydrogen) atoms. The van der Waals surface area contributed by atoms with Crippen molar-refractivity contribution in [2.75, 3.05) is 40.5 Å². The van der Waals surface area contributed by atoms with Crippen LogP contribution < -0.4 is 26.3 Å². The van der Waals surface area contributed by atoms with Gasteiger partial charge in [0.05, 0.1) is 31.4 Å². The van der Waals surface area contributed by atoms with Gasteiger partial charge in [-0.3, -0.25) is 33.5 Å². The van der Waals surface area contributed by atoms with Gasteiger partial charge in [-0.05, 0) is 103 Å². The number of aryl methyl sites for hydroxylation is 4. The number of anilines is 7. The molecular formula is C53H70BrF4N17O4U. The standard InChI is InChI=1S/C18H25FN4O2.C16H22FN5O2.C9H9FN4.C5H3BrFN.C4H7N3.CH4.U/c1-3-25-18(24)8-6-4-5-7-12-23(17-11-13-22(2)21-17)16-10-9-15(19)14-20-16;1-21-11-9-15(19-21)22(14-8-7-13(17)12-18-14)10-5-3-2-4-6-16(23)20-24;1-14-5-4-9(13-14)12-8-3-2-7(10)6-11-8;6-5-2-1-4(7)3-8-5;1-7-3-2-4(5)6-7;;/h9-11,13-14H,3-8,12H2,1-2H3;7-9,11-12,24H,2-6,10H2,1H3,(H,20,23);2-6H,1H3,(H,11,12,13);1-3H;2-3H,1H3,(H2,5,6);1H4;. The van der Waals surface area contributed by atoms with Gasteiger partial charge in [0.2, 0.25) is 5.91 Å². The summed E-state index contributed by atoms with van der Waals surface area (Å²) < 4.78 is 63.1. The zero-order valence-corrected chi connectivity index (χ0v) is 50.4. The topological polar surface area (TPSA) is 243 Å². The van der Waals surface area contributed by atoms with Crippen LogP contribution in [-0.4, -0.2) is 95.8 Å². The van der Waals surface area contributed by atoms with E-state index in [1.807, 2.05) is 81.7 Å². The molecule has 0 aliphatic carbocycles. The number of nitrogens with two attached hydrogens (primary N) is 1. The van der Waals surface area contributed by atoms with Crippen molar-refractivity contribution in [3.8, 4) is 0 Å². The third-order valence-corrected chi connectivity index (χ3v) is 11.0. The van der Waals surface area contributed by atoms with Crippen molar-refractivity contribution >= 4 is 68.5 Å². The summed E-state index contributed by atoms with van der Waals surface area (Å²) in [6.45, 7) is 3.67. The number of hydroxylamine groups is 1. The van der Waals surface area contributed by atoms with E-state index in [1.165, 1.54) is 36.7 Å². The molecule has 0 unspecified atom stereocenters. The molecule has 27 heteroatoms. The quantitative estimate of drug-likeness (QED) is 0.0131. The number of hydrogen-bond acceptors (Lipinski definition) is 16. The van der Waals surface area contributed by atoms with Gasteiger partial charge in [-0.25, -0.2) is 43.0 Å². The maximum absolute atomic E-state index is 13.1. The van der Waals surface area contributed by atoms with E-state index in [0.717, 1.165) is 81.9 Å². The molecule has 21 nitrogen and oxygen atoms in total. The number of unbranched alkanes of at least 4 members (excludes halogenated alkanes) is 6. The predicted molar refractivity (Wildman–Crippen MR) is 298 cm³/mol. The fourth-order valence-electron chi connectivity index (χ4n) is 6.79. The number of carbonyl (C=O) groups is 2. The molecule has 0 atom stereocenters. The smallest absolute Gasteiger partial charge is 0.305 e. The van der Waals surface area contributed by atoms with E-state index in [4.69, 9.17) is 15.7 Å². The van der Waals surface area contributed by atoms with E-state index in [9.17, 15) is 27.2 Å². The number of hydrogen-bond donors (Lipinski definition) is 4. The van der Waals surface area contributed by atoms with Gasteiger partial charge < -0.3 is 25.6 Å². The first-order valence-corrected chi connectivity index (χ1v) is 25.6. The summed E-state index contributed by atoms with van der Waals surface area (Å²) in [7, 11) is 7.35. The summed E-state index contributed by atoms with van der Waals surface area (Å²) in [5.74, 6) is 2.81. The van der Waals surface area contributed by atoms with E-state index >= 15 is 0 Å². The second-order valence-corrected chi connectivity index (χ2v) is 17.7. The van der Waals surface area contributed by atoms with E-state index in [0.29, 0.717) is 59.7 Å². The molecule has 0 aliphatic rings. The van der Waals surface area contributed by atoms with Gasteiger partial charge in [0, 0.05) is 128 Å². The molecule has 0 radical (unpaired) electrons. The number of carbonyl (C=O) groups excluding carboxylic acids is 2. The van der Waals surface area contributed by atoms with Crippen LogP contribution in [-0.2, 0) is 42.5 Å². The van der Waals surface area contributed by atoms with Crippen LogP contribution in [0.5, 0.6) is 0 Å². The second kappa shape index (κ2) is 38.4. The SMILES string of the molecule is C.CCOC(=O)CCCCCCN(c1ccc(F)cn1)c1ccn(C)n1.Cn1ccc(N(CCCCCCC(=O)NO)c2ccc(F)cn2)n1.Cn1ccc(N)n1.Cn1ccc(Nc2ccc(F)cn2)n1.Fc1ccc(Br)nc1.[U]. The van der Waals surface area contributed by atoms with Crippen molar-refractivity contribution in [3.63, 3.8) is 0 Å². The number of rotatable bonds is 21. The van der Waals surface area contributed by atoms with Gasteiger partial charge in [0.15, 0.2) is 17.5 Å². The van der Waals surface area contributed by atoms with Crippen molar-refractivity contribution < 1.29 is 68.2 Å². The Morgan fingerprint density at radius 3 is 1.38 bits per heavy atom. The van der Waals surface area contributed by atoms with Gasteiger partial charge in [0.25, 0.3) is 0 Å². The molecule has 8 aromatic heterocycles. The van der Waals surface area contributed by atoms with Crippen LogP contribution >= 0.6 is 15.9 Å². The van der Waals surface area contributed by atoms with Crippen molar-refractivity contribution in [1.82, 2.24) is 64.5 Å². The Morgan fingerprint density at radius 2 is 1.01 bits per heavy atom. The van der Waals surface area contributed by atoms with Crippen molar-refractivity contribution in [3.05, 3.63) is 150 Å². The number of nitrogens with one attached hydrogen (secondary N) is 2. The van der Waals surface area contributed by atoms with Crippen molar-refractivity contribution in [2.24, 2.45) is 28.2 Å². The molecule has 5 N–H and O–H groups in total. The van der Waals surface area contributed by atoms with Crippen LogP contribution in [0.4, 0.5) is 58.3 Å². The number of nitrogen functional groups attached to an aromatic ring is 1. The fraction of sp³-hybridized carbons (Fsp3) is 0.358. The number of pyridine rings is 4. The average molecular weight is 1400 g/mol. The van der Waals surface area contributed by atoms with Crippen LogP contribution in [0.25, 0.3) is 0 Å². The van der Waals surface area contributed by atoms with Crippen LogP contribution in [0.15, 0.2) is 127 Å². The van der Waals surface area contributed by atoms with Gasteiger partial charge >= 0.3 is 5.97 Å². The molecule has 0 aliphatic heterocycles. The number of halogens is 5. The van der Waals surface area contributed by atoms with E-state index in [-0.39, 0.29) is 73.7 Å². The number of nitrogens with zero attached hydrogens (tertiary/aromatic N) is 14. The molecule has 8 aromatic rings. The first kappa shape index (κ1) is 68.9. The summed E-state index contributed by atoms with van der Waals surface area (Å²) in [6, 6.07) is 19.2. The molecular weight excluding hydrogens is 1330 g/mol. The van der Waals surface area contributed by atoms with Crippen molar-refractivity contribution in [2.45, 2.75) is 78.6 Å². The van der Waals surface area contributed by atoms with E-state index in [2.05, 4.69) is 61.6 Å². The molecule has 0 saturated carbocycles. The molecule has 8 heterocycles. The zero-order chi connectivity index (χ0) is 56.7. The normalized spacial score (nSPS) is 10.0. The Kier molecular flexibility index (Phi) is 33.1. The maximum Gasteiger partial charge on any atom is 0.305 e. The average Bonchev–Trinajstić information content (AvgIpc) is 4.25. The molecule has 0 bridgehead atoms. The number of aromatic nitrogens is 12. The van der Waals surface area contributed by atoms with Gasteiger partial charge in [-0.1, -0.05) is 33.1 Å². The number of amides is 1. The Labute approximate surface area is 495 Å². The zero-order valence-electron chi connectivity index (χ0n) is 44.6. The van der Waals surface area contributed by atoms with Crippen LogP contribution in [0, 0.1) is 54.4 Å². The number of ether oxygens (including phenoxy) is 1. The summed E-state index contributed by atoms with van der Waals surface area (Å²) in [5.41, 5.74) is 6.87. The molecule has 0 fully saturated rings. The van der Waals surface area contributed by atoms with Gasteiger partial charge in [-0.15, -0.1) is 0 Å². The number of esters is 1. The van der Waals surface area contributed by atoms with Gasteiger partial charge in [0.1, 0.15) is 51.1 Å². The second-order valence-electron chi connectivity index (χ2n) is 16.9. The Morgan fingerprint density at radius 1 is 0.562 bits per heavy atom. The monoisotopic (exact) mass is 1400 g/mol. The molecule has 1 amide bonds. The summed E-state index contributed by atoms with van der Waals surface area (Å²) in [5, 5.41) is 28.1. The summed E-state index contributed by atoms with van der Waals surface area (Å²) in [6.07, 6.45) is 20.0. The minimum absolute atomic E-state index is 0.